The molecule has 104 valence electrons. The van der Waals surface area contributed by atoms with Gasteiger partial charge < -0.3 is 9.80 Å². The third kappa shape index (κ3) is 4.78. The van der Waals surface area contributed by atoms with E-state index in [1.165, 1.54) is 0 Å². The van der Waals surface area contributed by atoms with Crippen molar-refractivity contribution in [1.29, 1.82) is 0 Å². The van der Waals surface area contributed by atoms with E-state index in [4.69, 9.17) is 0 Å². The van der Waals surface area contributed by atoms with Gasteiger partial charge in [0.05, 0.1) is 0 Å². The van der Waals surface area contributed by atoms with Gasteiger partial charge in [-0.05, 0) is 34.9 Å². The van der Waals surface area contributed by atoms with Gasteiger partial charge in [0.2, 0.25) is 5.91 Å². The van der Waals surface area contributed by atoms with Gasteiger partial charge in [0.1, 0.15) is 0 Å². The first-order valence-electron chi connectivity index (χ1n) is 6.66. The van der Waals surface area contributed by atoms with Crippen LogP contribution in [0.5, 0.6) is 0 Å². The molecule has 1 aliphatic heterocycles. The molecule has 1 amide bonds. The van der Waals surface area contributed by atoms with Crippen LogP contribution in [0.25, 0.3) is 0 Å². The molecule has 0 spiro atoms. The van der Waals surface area contributed by atoms with Crippen LogP contribution in [-0.2, 0) is 4.79 Å². The molecule has 0 aromatic rings. The van der Waals surface area contributed by atoms with Gasteiger partial charge in [0.15, 0.2) is 0 Å². The fraction of sp³-hybridized carbons (Fsp3) is 0.786. The third-order valence-corrected chi connectivity index (χ3v) is 3.27. The molecule has 0 bridgehead atoms. The highest BCUT2D eigenvalue weighted by Crippen LogP contribution is 2.15. The molecule has 18 heavy (non-hydrogen) atoms. The largest absolute Gasteiger partial charge is 0.337 e. The molecule has 1 heterocycles. The van der Waals surface area contributed by atoms with Crippen molar-refractivity contribution in [2.75, 3.05) is 46.8 Å². The molecule has 0 aromatic carbocycles. The molecule has 0 atom stereocenters. The Kier molecular flexibility index (Phi) is 5.35. The van der Waals surface area contributed by atoms with E-state index in [0.717, 1.165) is 32.7 Å². The molecule has 1 rings (SSSR count). The SMILES string of the molecule is CN(C)C/C=C/C(=O)N1CCN(C(C)(C)C)CC1. The highest BCUT2D eigenvalue weighted by Gasteiger charge is 2.26. The zero-order chi connectivity index (χ0) is 13.8. The lowest BCUT2D eigenvalue weighted by molar-refractivity contribution is -0.128. The summed E-state index contributed by atoms with van der Waals surface area (Å²) in [4.78, 5) is 18.4. The Morgan fingerprint density at radius 1 is 1.17 bits per heavy atom. The van der Waals surface area contributed by atoms with Gasteiger partial charge in [-0.2, -0.15) is 0 Å². The number of rotatable bonds is 3. The van der Waals surface area contributed by atoms with Crippen molar-refractivity contribution in [3.05, 3.63) is 12.2 Å². The van der Waals surface area contributed by atoms with Crippen molar-refractivity contribution in [2.45, 2.75) is 26.3 Å². The van der Waals surface area contributed by atoms with Crippen molar-refractivity contribution >= 4 is 5.91 Å². The number of hydrogen-bond acceptors (Lipinski definition) is 3. The predicted molar refractivity (Wildman–Crippen MR) is 75.6 cm³/mol. The van der Waals surface area contributed by atoms with Gasteiger partial charge in [-0.25, -0.2) is 0 Å². The summed E-state index contributed by atoms with van der Waals surface area (Å²) in [7, 11) is 3.99. The van der Waals surface area contributed by atoms with Crippen LogP contribution in [-0.4, -0.2) is 73.0 Å². The second-order valence-electron chi connectivity index (χ2n) is 6.15. The predicted octanol–water partition coefficient (Wildman–Crippen LogP) is 1.05. The second-order valence-corrected chi connectivity index (χ2v) is 6.15. The summed E-state index contributed by atoms with van der Waals surface area (Å²) in [6.07, 6.45) is 3.63. The summed E-state index contributed by atoms with van der Waals surface area (Å²) in [5, 5.41) is 0. The van der Waals surface area contributed by atoms with E-state index in [-0.39, 0.29) is 11.4 Å². The Bertz CT molecular complexity index is 297. The molecule has 0 aliphatic carbocycles. The van der Waals surface area contributed by atoms with E-state index in [1.54, 1.807) is 6.08 Å². The van der Waals surface area contributed by atoms with E-state index in [2.05, 4.69) is 25.7 Å². The number of likely N-dealkylation sites (N-methyl/N-ethyl adjacent to an activating group) is 1. The van der Waals surface area contributed by atoms with Gasteiger partial charge >= 0.3 is 0 Å². The zero-order valence-corrected chi connectivity index (χ0v) is 12.4. The standard InChI is InChI=1S/C14H27N3O/c1-14(2,3)17-11-9-16(10-12-17)13(18)7-6-8-15(4)5/h6-7H,8-12H2,1-5H3/b7-6+. The Balaban J connectivity index is 2.39. The van der Waals surface area contributed by atoms with Gasteiger partial charge in [-0.1, -0.05) is 6.08 Å². The van der Waals surface area contributed by atoms with Crippen molar-refractivity contribution in [2.24, 2.45) is 0 Å². The average molecular weight is 253 g/mol. The molecular weight excluding hydrogens is 226 g/mol. The highest BCUT2D eigenvalue weighted by molar-refractivity contribution is 5.87. The lowest BCUT2D eigenvalue weighted by atomic mass is 10.0. The molecule has 4 nitrogen and oxygen atoms in total. The lowest BCUT2D eigenvalue weighted by Gasteiger charge is -2.42. The Hall–Kier alpha value is -0.870. The van der Waals surface area contributed by atoms with Crippen LogP contribution >= 0.6 is 0 Å². The fourth-order valence-corrected chi connectivity index (χ4v) is 2.07. The van der Waals surface area contributed by atoms with Crippen LogP contribution in [0.1, 0.15) is 20.8 Å². The van der Waals surface area contributed by atoms with Gasteiger partial charge in [0, 0.05) is 44.3 Å². The van der Waals surface area contributed by atoms with E-state index < -0.39 is 0 Å². The maximum Gasteiger partial charge on any atom is 0.246 e. The van der Waals surface area contributed by atoms with Crippen LogP contribution in [0, 0.1) is 0 Å². The topological polar surface area (TPSA) is 26.8 Å². The summed E-state index contributed by atoms with van der Waals surface area (Å²) < 4.78 is 0. The first kappa shape index (κ1) is 15.2. The van der Waals surface area contributed by atoms with Crippen LogP contribution in [0.4, 0.5) is 0 Å². The van der Waals surface area contributed by atoms with Gasteiger partial charge in [-0.15, -0.1) is 0 Å². The minimum Gasteiger partial charge on any atom is -0.337 e. The van der Waals surface area contributed by atoms with E-state index in [9.17, 15) is 4.79 Å². The summed E-state index contributed by atoms with van der Waals surface area (Å²) in [5.41, 5.74) is 0.204. The summed E-state index contributed by atoms with van der Waals surface area (Å²) >= 11 is 0. The number of nitrogens with zero attached hydrogens (tertiary/aromatic N) is 3. The maximum atomic E-state index is 11.9. The van der Waals surface area contributed by atoms with Crippen molar-refractivity contribution < 1.29 is 4.79 Å². The summed E-state index contributed by atoms with van der Waals surface area (Å²) in [5.74, 6) is 0.144. The first-order chi connectivity index (χ1) is 8.30. The van der Waals surface area contributed by atoms with E-state index in [0.29, 0.717) is 0 Å². The minimum absolute atomic E-state index is 0.144. The van der Waals surface area contributed by atoms with Gasteiger partial charge in [-0.3, -0.25) is 9.69 Å². The van der Waals surface area contributed by atoms with Crippen molar-refractivity contribution in [3.8, 4) is 0 Å². The molecule has 0 radical (unpaired) electrons. The molecule has 1 aliphatic rings. The van der Waals surface area contributed by atoms with E-state index in [1.807, 2.05) is 30.0 Å². The number of carbonyl (C=O) groups is 1. The van der Waals surface area contributed by atoms with Crippen molar-refractivity contribution in [3.63, 3.8) is 0 Å². The van der Waals surface area contributed by atoms with Crippen molar-refractivity contribution in [1.82, 2.24) is 14.7 Å². The number of carbonyl (C=O) groups excluding carboxylic acids is 1. The molecule has 4 heteroatoms. The number of piperazine rings is 1. The minimum atomic E-state index is 0.144. The van der Waals surface area contributed by atoms with Crippen LogP contribution in [0.2, 0.25) is 0 Å². The lowest BCUT2D eigenvalue weighted by Crippen LogP contribution is -2.54. The molecular formula is C14H27N3O. The van der Waals surface area contributed by atoms with Crippen LogP contribution in [0.15, 0.2) is 12.2 Å². The Morgan fingerprint density at radius 2 is 1.72 bits per heavy atom. The molecule has 1 fully saturated rings. The first-order valence-corrected chi connectivity index (χ1v) is 6.66. The quantitative estimate of drug-likeness (QED) is 0.703. The summed E-state index contributed by atoms with van der Waals surface area (Å²) in [6, 6.07) is 0. The number of amides is 1. The third-order valence-electron chi connectivity index (χ3n) is 3.27. The molecule has 0 aromatic heterocycles. The smallest absolute Gasteiger partial charge is 0.246 e. The number of hydrogen-bond donors (Lipinski definition) is 0. The van der Waals surface area contributed by atoms with Crippen LogP contribution < -0.4 is 0 Å². The molecule has 1 saturated heterocycles. The zero-order valence-electron chi connectivity index (χ0n) is 12.4. The highest BCUT2D eigenvalue weighted by atomic mass is 16.2. The van der Waals surface area contributed by atoms with Gasteiger partial charge in [0.25, 0.3) is 0 Å². The molecule has 0 saturated carbocycles. The normalized spacial score (nSPS) is 18.9. The summed E-state index contributed by atoms with van der Waals surface area (Å²) in [6.45, 7) is 11.1. The monoisotopic (exact) mass is 253 g/mol. The van der Waals surface area contributed by atoms with Crippen LogP contribution in [0.3, 0.4) is 0 Å². The average Bonchev–Trinajstić information content (AvgIpc) is 2.27. The molecule has 0 unspecified atom stereocenters. The Labute approximate surface area is 111 Å². The fourth-order valence-electron chi connectivity index (χ4n) is 2.07. The Morgan fingerprint density at radius 3 is 2.17 bits per heavy atom. The molecule has 0 N–H and O–H groups in total. The van der Waals surface area contributed by atoms with E-state index >= 15 is 0 Å². The maximum absolute atomic E-state index is 11.9. The second kappa shape index (κ2) is 6.34.